The Morgan fingerprint density at radius 3 is 2.73 bits per heavy atom. The Hall–Kier alpha value is -1.29. The van der Waals surface area contributed by atoms with Crippen molar-refractivity contribution in [1.82, 2.24) is 0 Å². The predicted octanol–water partition coefficient (Wildman–Crippen LogP) is 2.72. The Morgan fingerprint density at radius 1 is 1.60 bits per heavy atom. The van der Waals surface area contributed by atoms with Crippen molar-refractivity contribution in [2.45, 2.75) is 13.3 Å². The summed E-state index contributed by atoms with van der Waals surface area (Å²) in [6.07, 6.45) is 8.25. The lowest BCUT2D eigenvalue weighted by Gasteiger charge is -2.02. The molecule has 0 unspecified atom stereocenters. The zero-order chi connectivity index (χ0) is 11.7. The highest BCUT2D eigenvalue weighted by molar-refractivity contribution is 8.26. The summed E-state index contributed by atoms with van der Waals surface area (Å²) in [5.41, 5.74) is 6.33. The van der Waals surface area contributed by atoms with E-state index in [4.69, 9.17) is 11.1 Å². The largest absolute Gasteiger partial charge is 0.378 e. The van der Waals surface area contributed by atoms with Crippen LogP contribution in [0.25, 0.3) is 0 Å². The normalized spacial score (nSPS) is 13.2. The quantitative estimate of drug-likeness (QED) is 0.437. The SMILES string of the molecule is C=C/C=C(\C=C/CC)C(=N)SC(N)=NC. The maximum Gasteiger partial charge on any atom is 0.160 e. The Balaban J connectivity index is 4.64. The molecule has 0 rings (SSSR count). The molecule has 0 aliphatic rings. The first-order chi connectivity index (χ1) is 7.15. The smallest absolute Gasteiger partial charge is 0.160 e. The molecule has 0 radical (unpaired) electrons. The van der Waals surface area contributed by atoms with Crippen LogP contribution in [0.3, 0.4) is 0 Å². The maximum atomic E-state index is 7.80. The van der Waals surface area contributed by atoms with Crippen LogP contribution in [0.15, 0.2) is 41.4 Å². The monoisotopic (exact) mass is 223 g/mol. The van der Waals surface area contributed by atoms with E-state index in [1.54, 1.807) is 19.2 Å². The number of rotatable bonds is 4. The first kappa shape index (κ1) is 13.7. The second-order valence-corrected chi connectivity index (χ2v) is 3.69. The van der Waals surface area contributed by atoms with E-state index in [0.29, 0.717) is 10.2 Å². The molecule has 0 aliphatic heterocycles. The number of amidine groups is 1. The van der Waals surface area contributed by atoms with Gasteiger partial charge in [0.1, 0.15) is 5.04 Å². The number of hydrogen-bond donors (Lipinski definition) is 2. The number of hydrogen-bond acceptors (Lipinski definition) is 3. The van der Waals surface area contributed by atoms with Crippen molar-refractivity contribution in [2.75, 3.05) is 7.05 Å². The van der Waals surface area contributed by atoms with Crippen LogP contribution in [0, 0.1) is 5.41 Å². The van der Waals surface area contributed by atoms with Crippen LogP contribution in [0.4, 0.5) is 0 Å². The van der Waals surface area contributed by atoms with Gasteiger partial charge in [0.05, 0.1) is 0 Å². The van der Waals surface area contributed by atoms with Crippen LogP contribution in [0.2, 0.25) is 0 Å². The molecule has 82 valence electrons. The Kier molecular flexibility index (Phi) is 7.36. The van der Waals surface area contributed by atoms with E-state index in [-0.39, 0.29) is 0 Å². The zero-order valence-corrected chi connectivity index (χ0v) is 9.97. The summed E-state index contributed by atoms with van der Waals surface area (Å²) in [5, 5.41) is 8.56. The summed E-state index contributed by atoms with van der Waals surface area (Å²) >= 11 is 1.14. The van der Waals surface area contributed by atoms with Crippen molar-refractivity contribution >= 4 is 22.0 Å². The van der Waals surface area contributed by atoms with Crippen molar-refractivity contribution in [2.24, 2.45) is 10.7 Å². The topological polar surface area (TPSA) is 62.2 Å². The molecule has 0 aromatic heterocycles. The number of allylic oxidation sites excluding steroid dienone is 4. The van der Waals surface area contributed by atoms with Gasteiger partial charge in [-0.3, -0.25) is 10.4 Å². The molecule has 0 aliphatic carbocycles. The fourth-order valence-electron chi connectivity index (χ4n) is 0.788. The second kappa shape index (κ2) is 8.05. The minimum Gasteiger partial charge on any atom is -0.378 e. The second-order valence-electron chi connectivity index (χ2n) is 2.66. The number of nitrogens with two attached hydrogens (primary N) is 1. The average molecular weight is 223 g/mol. The van der Waals surface area contributed by atoms with Gasteiger partial charge >= 0.3 is 0 Å². The minimum atomic E-state index is 0.378. The van der Waals surface area contributed by atoms with Crippen molar-refractivity contribution < 1.29 is 0 Å². The minimum absolute atomic E-state index is 0.378. The van der Waals surface area contributed by atoms with E-state index in [9.17, 15) is 0 Å². The molecule has 3 nitrogen and oxygen atoms in total. The van der Waals surface area contributed by atoms with Crippen molar-refractivity contribution in [3.63, 3.8) is 0 Å². The van der Waals surface area contributed by atoms with Crippen molar-refractivity contribution in [3.05, 3.63) is 36.5 Å². The summed E-state index contributed by atoms with van der Waals surface area (Å²) in [5.74, 6) is 0. The molecule has 0 atom stereocenters. The van der Waals surface area contributed by atoms with E-state index >= 15 is 0 Å². The molecule has 0 aromatic rings. The fourth-order valence-corrected chi connectivity index (χ4v) is 1.34. The molecule has 0 amide bonds. The van der Waals surface area contributed by atoms with Crippen LogP contribution in [0.5, 0.6) is 0 Å². The summed E-state index contributed by atoms with van der Waals surface area (Å²) in [6.45, 7) is 5.65. The van der Waals surface area contributed by atoms with Gasteiger partial charge < -0.3 is 5.73 Å². The lowest BCUT2D eigenvalue weighted by Crippen LogP contribution is -2.10. The third-order valence-corrected chi connectivity index (χ3v) is 2.35. The highest BCUT2D eigenvalue weighted by atomic mass is 32.2. The molecule has 15 heavy (non-hydrogen) atoms. The molecule has 3 N–H and O–H groups in total. The van der Waals surface area contributed by atoms with Gasteiger partial charge in [-0.1, -0.05) is 37.8 Å². The lowest BCUT2D eigenvalue weighted by molar-refractivity contribution is 1.22. The highest BCUT2D eigenvalue weighted by Crippen LogP contribution is 2.13. The van der Waals surface area contributed by atoms with Crippen LogP contribution >= 0.6 is 11.8 Å². The van der Waals surface area contributed by atoms with Gasteiger partial charge in [0, 0.05) is 12.6 Å². The van der Waals surface area contributed by atoms with Gasteiger partial charge in [-0.05, 0) is 18.2 Å². The molecular weight excluding hydrogens is 206 g/mol. The maximum absolute atomic E-state index is 7.80. The van der Waals surface area contributed by atoms with Gasteiger partial charge in [-0.25, -0.2) is 0 Å². The van der Waals surface area contributed by atoms with E-state index < -0.39 is 0 Å². The van der Waals surface area contributed by atoms with Crippen LogP contribution in [0.1, 0.15) is 13.3 Å². The Morgan fingerprint density at radius 2 is 2.27 bits per heavy atom. The van der Waals surface area contributed by atoms with E-state index in [2.05, 4.69) is 11.6 Å². The van der Waals surface area contributed by atoms with Gasteiger partial charge in [0.25, 0.3) is 0 Å². The summed E-state index contributed by atoms with van der Waals surface area (Å²) < 4.78 is 0. The molecule has 0 heterocycles. The third kappa shape index (κ3) is 5.91. The number of thioether (sulfide) groups is 1. The van der Waals surface area contributed by atoms with Crippen molar-refractivity contribution in [1.29, 1.82) is 5.41 Å². The molecule has 0 aromatic carbocycles. The number of nitrogens with zero attached hydrogens (tertiary/aromatic N) is 1. The molecule has 0 bridgehead atoms. The molecule has 0 fully saturated rings. The third-order valence-electron chi connectivity index (χ3n) is 1.52. The van der Waals surface area contributed by atoms with Gasteiger partial charge in [-0.15, -0.1) is 0 Å². The Labute approximate surface area is 95.4 Å². The summed E-state index contributed by atoms with van der Waals surface area (Å²) in [6, 6.07) is 0. The van der Waals surface area contributed by atoms with Gasteiger partial charge in [-0.2, -0.15) is 0 Å². The Bertz CT molecular complexity index is 314. The zero-order valence-electron chi connectivity index (χ0n) is 9.16. The van der Waals surface area contributed by atoms with Crippen LogP contribution in [-0.2, 0) is 0 Å². The molecular formula is C11H17N3S. The van der Waals surface area contributed by atoms with E-state index in [1.807, 2.05) is 19.1 Å². The van der Waals surface area contributed by atoms with Crippen LogP contribution in [-0.4, -0.2) is 17.3 Å². The first-order valence-corrected chi connectivity index (χ1v) is 5.45. The van der Waals surface area contributed by atoms with Gasteiger partial charge in [0.2, 0.25) is 0 Å². The van der Waals surface area contributed by atoms with E-state index in [0.717, 1.165) is 23.8 Å². The fraction of sp³-hybridized carbons (Fsp3) is 0.273. The number of aliphatic imine (C=N–C) groups is 1. The predicted molar refractivity (Wildman–Crippen MR) is 70.6 cm³/mol. The molecule has 0 spiro atoms. The summed E-state index contributed by atoms with van der Waals surface area (Å²) in [4.78, 5) is 3.79. The molecule has 0 saturated carbocycles. The average Bonchev–Trinajstić information content (AvgIpc) is 2.23. The lowest BCUT2D eigenvalue weighted by atomic mass is 10.2. The van der Waals surface area contributed by atoms with Crippen LogP contribution < -0.4 is 5.73 Å². The first-order valence-electron chi connectivity index (χ1n) is 4.64. The summed E-state index contributed by atoms with van der Waals surface area (Å²) in [7, 11) is 1.61. The van der Waals surface area contributed by atoms with E-state index in [1.165, 1.54) is 0 Å². The molecule has 4 heteroatoms. The standard InChI is InChI=1S/C11H17N3S/c1-4-6-8-9(7-5-2)10(12)15-11(13)14-3/h5-8,12H,2,4H2,1,3H3,(H2,13,14)/b8-6-,9-7+,12-10?. The van der Waals surface area contributed by atoms with Gasteiger partial charge in [0.15, 0.2) is 5.17 Å². The van der Waals surface area contributed by atoms with Crippen molar-refractivity contribution in [3.8, 4) is 0 Å². The molecule has 0 saturated heterocycles. The highest BCUT2D eigenvalue weighted by Gasteiger charge is 2.04. The number of nitrogens with one attached hydrogen (secondary N) is 1.